The Morgan fingerprint density at radius 1 is 1.11 bits per heavy atom. The van der Waals surface area contributed by atoms with Crippen LogP contribution in [0.2, 0.25) is 10.0 Å². The Labute approximate surface area is 175 Å². The van der Waals surface area contributed by atoms with Crippen molar-refractivity contribution in [3.63, 3.8) is 0 Å². The minimum Gasteiger partial charge on any atom is -0.379 e. The Balaban J connectivity index is 2.02. The highest BCUT2D eigenvalue weighted by Crippen LogP contribution is 2.26. The lowest BCUT2D eigenvalue weighted by molar-refractivity contribution is 0.0757. The highest BCUT2D eigenvalue weighted by Gasteiger charge is 2.16. The van der Waals surface area contributed by atoms with Crippen LogP contribution in [-0.4, -0.2) is 33.6 Å². The molecule has 0 radical (unpaired) electrons. The highest BCUT2D eigenvalue weighted by molar-refractivity contribution is 7.92. The fourth-order valence-corrected chi connectivity index (χ4v) is 3.72. The lowest BCUT2D eigenvalue weighted by Gasteiger charge is -2.11. The van der Waals surface area contributed by atoms with E-state index in [1.165, 1.54) is 24.3 Å². The SMILES string of the molecule is CC(C)OCCCNC(=O)c1cccc(NS(=O)(=O)c2ccc(Cl)c(Cl)c2)c1. The van der Waals surface area contributed by atoms with Gasteiger partial charge in [0, 0.05) is 24.4 Å². The van der Waals surface area contributed by atoms with Gasteiger partial charge in [0.1, 0.15) is 0 Å². The molecule has 6 nitrogen and oxygen atoms in total. The molecule has 0 spiro atoms. The Kier molecular flexibility index (Phi) is 8.12. The summed E-state index contributed by atoms with van der Waals surface area (Å²) in [6.45, 7) is 4.92. The Hall–Kier alpha value is -1.80. The molecule has 0 saturated heterocycles. The van der Waals surface area contributed by atoms with E-state index in [4.69, 9.17) is 27.9 Å². The maximum atomic E-state index is 12.5. The number of sulfonamides is 1. The van der Waals surface area contributed by atoms with Crippen LogP contribution in [0.15, 0.2) is 47.4 Å². The zero-order chi connectivity index (χ0) is 20.7. The van der Waals surface area contributed by atoms with Crippen molar-refractivity contribution < 1.29 is 17.9 Å². The number of benzene rings is 2. The predicted molar refractivity (Wildman–Crippen MR) is 112 cm³/mol. The molecule has 0 fully saturated rings. The van der Waals surface area contributed by atoms with Crippen molar-refractivity contribution in [3.05, 3.63) is 58.1 Å². The molecular weight excluding hydrogens is 423 g/mol. The molecule has 2 N–H and O–H groups in total. The monoisotopic (exact) mass is 444 g/mol. The van der Waals surface area contributed by atoms with E-state index in [2.05, 4.69) is 10.0 Å². The number of amides is 1. The summed E-state index contributed by atoms with van der Waals surface area (Å²) in [6, 6.07) is 10.3. The molecule has 2 aromatic rings. The van der Waals surface area contributed by atoms with Crippen molar-refractivity contribution in [3.8, 4) is 0 Å². The first-order valence-electron chi connectivity index (χ1n) is 8.67. The van der Waals surface area contributed by atoms with E-state index in [1.54, 1.807) is 18.2 Å². The van der Waals surface area contributed by atoms with Gasteiger partial charge in [-0.15, -0.1) is 0 Å². The van der Waals surface area contributed by atoms with Crippen LogP contribution in [0, 0.1) is 0 Å². The average molecular weight is 445 g/mol. The van der Waals surface area contributed by atoms with Crippen molar-refractivity contribution in [2.24, 2.45) is 0 Å². The van der Waals surface area contributed by atoms with Crippen LogP contribution in [0.5, 0.6) is 0 Å². The van der Waals surface area contributed by atoms with Gasteiger partial charge in [0.25, 0.3) is 15.9 Å². The molecule has 0 unspecified atom stereocenters. The van der Waals surface area contributed by atoms with E-state index in [0.717, 1.165) is 0 Å². The van der Waals surface area contributed by atoms with Gasteiger partial charge < -0.3 is 10.1 Å². The molecule has 0 aliphatic rings. The summed E-state index contributed by atoms with van der Waals surface area (Å²) >= 11 is 11.7. The summed E-state index contributed by atoms with van der Waals surface area (Å²) in [7, 11) is -3.87. The first-order valence-corrected chi connectivity index (χ1v) is 10.9. The van der Waals surface area contributed by atoms with Crippen molar-refractivity contribution in [1.82, 2.24) is 5.32 Å². The maximum Gasteiger partial charge on any atom is 0.261 e. The van der Waals surface area contributed by atoms with E-state index in [-0.39, 0.29) is 32.6 Å². The van der Waals surface area contributed by atoms with Crippen molar-refractivity contribution in [1.29, 1.82) is 0 Å². The average Bonchev–Trinajstić information content (AvgIpc) is 2.63. The normalized spacial score (nSPS) is 11.5. The molecule has 0 bridgehead atoms. The minimum absolute atomic E-state index is 0.0260. The van der Waals surface area contributed by atoms with Gasteiger partial charge in [-0.25, -0.2) is 8.42 Å². The van der Waals surface area contributed by atoms with Crippen molar-refractivity contribution in [2.75, 3.05) is 17.9 Å². The number of hydrogen-bond donors (Lipinski definition) is 2. The number of nitrogens with one attached hydrogen (secondary N) is 2. The summed E-state index contributed by atoms with van der Waals surface area (Å²) in [4.78, 5) is 12.2. The Morgan fingerprint density at radius 2 is 1.86 bits per heavy atom. The number of carbonyl (C=O) groups excluding carboxylic acids is 1. The molecule has 0 saturated carbocycles. The Bertz CT molecular complexity index is 933. The molecule has 1 amide bonds. The van der Waals surface area contributed by atoms with Crippen LogP contribution in [0.25, 0.3) is 0 Å². The van der Waals surface area contributed by atoms with Gasteiger partial charge in [-0.2, -0.15) is 0 Å². The third-order valence-electron chi connectivity index (χ3n) is 3.64. The third-order valence-corrected chi connectivity index (χ3v) is 5.75. The largest absolute Gasteiger partial charge is 0.379 e. The first kappa shape index (κ1) is 22.5. The fourth-order valence-electron chi connectivity index (χ4n) is 2.28. The van der Waals surface area contributed by atoms with E-state index >= 15 is 0 Å². The van der Waals surface area contributed by atoms with Crippen molar-refractivity contribution >= 4 is 44.8 Å². The highest BCUT2D eigenvalue weighted by atomic mass is 35.5. The second kappa shape index (κ2) is 10.1. The van der Waals surface area contributed by atoms with E-state index in [9.17, 15) is 13.2 Å². The number of carbonyl (C=O) groups is 1. The van der Waals surface area contributed by atoms with E-state index in [1.807, 2.05) is 13.8 Å². The smallest absolute Gasteiger partial charge is 0.261 e. The lowest BCUT2D eigenvalue weighted by Crippen LogP contribution is -2.25. The summed E-state index contributed by atoms with van der Waals surface area (Å²) in [6.07, 6.45) is 0.837. The molecule has 2 rings (SSSR count). The van der Waals surface area contributed by atoms with Gasteiger partial charge in [0.15, 0.2) is 0 Å². The molecule has 28 heavy (non-hydrogen) atoms. The van der Waals surface area contributed by atoms with Crippen LogP contribution >= 0.6 is 23.2 Å². The van der Waals surface area contributed by atoms with Crippen LogP contribution in [-0.2, 0) is 14.8 Å². The summed E-state index contributed by atoms with van der Waals surface area (Å²) in [5.41, 5.74) is 0.612. The van der Waals surface area contributed by atoms with E-state index < -0.39 is 10.0 Å². The van der Waals surface area contributed by atoms with Gasteiger partial charge in [-0.1, -0.05) is 29.3 Å². The van der Waals surface area contributed by atoms with Gasteiger partial charge in [0.05, 0.1) is 21.0 Å². The minimum atomic E-state index is -3.87. The van der Waals surface area contributed by atoms with Crippen LogP contribution < -0.4 is 10.0 Å². The standard InChI is InChI=1S/C19H22Cl2N2O4S/c1-13(2)27-10-4-9-22-19(24)14-5-3-6-15(11-14)23-28(25,26)16-7-8-17(20)18(21)12-16/h3,5-8,11-13,23H,4,9-10H2,1-2H3,(H,22,24). The fraction of sp³-hybridized carbons (Fsp3) is 0.316. The molecule has 0 aromatic heterocycles. The van der Waals surface area contributed by atoms with Gasteiger partial charge in [-0.3, -0.25) is 9.52 Å². The summed E-state index contributed by atoms with van der Waals surface area (Å²) in [5, 5.41) is 3.18. The lowest BCUT2D eigenvalue weighted by atomic mass is 10.2. The zero-order valence-corrected chi connectivity index (χ0v) is 17.9. The molecular formula is C19H22Cl2N2O4S. The maximum absolute atomic E-state index is 12.5. The van der Waals surface area contributed by atoms with Crippen LogP contribution in [0.1, 0.15) is 30.6 Å². The number of rotatable bonds is 9. The van der Waals surface area contributed by atoms with Crippen molar-refractivity contribution in [2.45, 2.75) is 31.3 Å². The van der Waals surface area contributed by atoms with E-state index in [0.29, 0.717) is 25.1 Å². The molecule has 152 valence electrons. The molecule has 0 heterocycles. The quantitative estimate of drug-likeness (QED) is 0.563. The molecule has 0 aliphatic heterocycles. The van der Waals surface area contributed by atoms with Crippen LogP contribution in [0.4, 0.5) is 5.69 Å². The number of hydrogen-bond acceptors (Lipinski definition) is 4. The molecule has 2 aromatic carbocycles. The number of halogens is 2. The van der Waals surface area contributed by atoms with Gasteiger partial charge >= 0.3 is 0 Å². The summed E-state index contributed by atoms with van der Waals surface area (Å²) < 4.78 is 32.9. The molecule has 0 aliphatic carbocycles. The molecule has 9 heteroatoms. The number of anilines is 1. The van der Waals surface area contributed by atoms with Gasteiger partial charge in [-0.05, 0) is 56.7 Å². The number of ether oxygens (including phenoxy) is 1. The second-order valence-corrected chi connectivity index (χ2v) is 8.79. The second-order valence-electron chi connectivity index (χ2n) is 6.29. The summed E-state index contributed by atoms with van der Waals surface area (Å²) in [5.74, 6) is -0.292. The molecule has 0 atom stereocenters. The predicted octanol–water partition coefficient (Wildman–Crippen LogP) is 4.34. The Morgan fingerprint density at radius 3 is 2.54 bits per heavy atom. The topological polar surface area (TPSA) is 84.5 Å². The third kappa shape index (κ3) is 6.67. The zero-order valence-electron chi connectivity index (χ0n) is 15.5. The first-order chi connectivity index (χ1) is 13.2. The van der Waals surface area contributed by atoms with Gasteiger partial charge in [0.2, 0.25) is 0 Å². The van der Waals surface area contributed by atoms with Crippen LogP contribution in [0.3, 0.4) is 0 Å².